The summed E-state index contributed by atoms with van der Waals surface area (Å²) in [4.78, 5) is 44.4. The van der Waals surface area contributed by atoms with Crippen molar-refractivity contribution in [3.05, 3.63) is 95.6 Å². The Kier molecular flexibility index (Phi) is 8.32. The number of para-hydroxylation sites is 1. The van der Waals surface area contributed by atoms with Gasteiger partial charge in [-0.25, -0.2) is 14.8 Å². The quantitative estimate of drug-likeness (QED) is 0.419. The van der Waals surface area contributed by atoms with Gasteiger partial charge in [0, 0.05) is 45.4 Å². The fourth-order valence-electron chi connectivity index (χ4n) is 5.51. The predicted molar refractivity (Wildman–Crippen MR) is 155 cm³/mol. The molecule has 0 aliphatic carbocycles. The van der Waals surface area contributed by atoms with Crippen LogP contribution < -0.4 is 9.74 Å². The zero-order valence-corrected chi connectivity index (χ0v) is 23.7. The number of likely N-dealkylation sites (N-methyl/N-ethyl adjacent to an activating group) is 1. The number of hydrazine groups is 1. The molecule has 2 heterocycles. The Morgan fingerprint density at radius 2 is 1.68 bits per heavy atom. The molecule has 0 radical (unpaired) electrons. The van der Waals surface area contributed by atoms with E-state index in [1.165, 1.54) is 9.43 Å². The highest BCUT2D eigenvalue weighted by Gasteiger charge is 2.50. The minimum Gasteiger partial charge on any atom is -0.508 e. The number of benzene rings is 3. The van der Waals surface area contributed by atoms with E-state index in [1.807, 2.05) is 54.6 Å². The minimum absolute atomic E-state index is 0.0471. The lowest BCUT2D eigenvalue weighted by molar-refractivity contribution is -0.187. The van der Waals surface area contributed by atoms with Crippen LogP contribution in [0, 0.1) is 0 Å². The number of piperazine rings is 1. The van der Waals surface area contributed by atoms with Crippen molar-refractivity contribution in [2.24, 2.45) is 0 Å². The van der Waals surface area contributed by atoms with Crippen molar-refractivity contribution < 1.29 is 19.5 Å². The maximum atomic E-state index is 14.1. The molecule has 0 unspecified atom stereocenters. The van der Waals surface area contributed by atoms with Gasteiger partial charge >= 0.3 is 6.03 Å². The molecule has 0 bridgehead atoms. The van der Waals surface area contributed by atoms with Gasteiger partial charge in [-0.3, -0.25) is 14.0 Å². The number of halogens is 1. The van der Waals surface area contributed by atoms with Gasteiger partial charge in [-0.15, -0.1) is 0 Å². The Balaban J connectivity index is 1.48. The summed E-state index contributed by atoms with van der Waals surface area (Å²) in [7, 11) is 3.42. The Morgan fingerprint density at radius 1 is 1.00 bits per heavy atom. The van der Waals surface area contributed by atoms with Crippen LogP contribution in [-0.2, 0) is 29.1 Å². The normalized spacial score (nSPS) is 19.2. The molecule has 4 amide bonds. The minimum atomic E-state index is -0.843. The van der Waals surface area contributed by atoms with Crippen LogP contribution in [0.3, 0.4) is 0 Å². The van der Waals surface area contributed by atoms with Gasteiger partial charge in [0.25, 0.3) is 0 Å². The summed E-state index contributed by atoms with van der Waals surface area (Å²) < 4.78 is 1.48. The molecule has 2 fully saturated rings. The molecule has 2 aliphatic rings. The van der Waals surface area contributed by atoms with Crippen LogP contribution in [0.15, 0.2) is 78.9 Å². The van der Waals surface area contributed by atoms with E-state index in [0.717, 1.165) is 22.4 Å². The highest BCUT2D eigenvalue weighted by atomic mass is 35.5. The molecule has 41 heavy (non-hydrogen) atoms. The molecule has 0 spiro atoms. The van der Waals surface area contributed by atoms with Crippen molar-refractivity contribution in [2.75, 3.05) is 31.6 Å². The van der Waals surface area contributed by atoms with E-state index < -0.39 is 12.2 Å². The van der Waals surface area contributed by atoms with Crippen molar-refractivity contribution in [1.29, 1.82) is 0 Å². The lowest BCUT2D eigenvalue weighted by Crippen LogP contribution is -2.76. The lowest BCUT2D eigenvalue weighted by Gasteiger charge is -2.54. The van der Waals surface area contributed by atoms with Gasteiger partial charge in [0.1, 0.15) is 18.0 Å². The number of urea groups is 1. The molecule has 3 aromatic carbocycles. The average molecular weight is 577 g/mol. The maximum Gasteiger partial charge on any atom is 0.334 e. The van der Waals surface area contributed by atoms with Crippen molar-refractivity contribution in [3.8, 4) is 5.75 Å². The molecule has 2 saturated heterocycles. The van der Waals surface area contributed by atoms with Gasteiger partial charge in [-0.2, -0.15) is 0 Å². The van der Waals surface area contributed by atoms with E-state index in [0.29, 0.717) is 6.54 Å². The number of fused-ring (bicyclic) bond motifs is 1. The first kappa shape index (κ1) is 28.3. The van der Waals surface area contributed by atoms with E-state index in [2.05, 4.69) is 5.32 Å². The number of hydrogen-bond acceptors (Lipinski definition) is 6. The molecular weight excluding hydrogens is 544 g/mol. The van der Waals surface area contributed by atoms with Gasteiger partial charge in [0.15, 0.2) is 0 Å². The van der Waals surface area contributed by atoms with E-state index in [-0.39, 0.29) is 49.7 Å². The Morgan fingerprint density at radius 3 is 2.39 bits per heavy atom. The fraction of sp³-hybridized carbons (Fsp3) is 0.300. The number of hydrogen-bond donors (Lipinski definition) is 2. The first-order valence-electron chi connectivity index (χ1n) is 13.4. The van der Waals surface area contributed by atoms with E-state index in [9.17, 15) is 19.5 Å². The highest BCUT2D eigenvalue weighted by molar-refractivity contribution is 6.25. The van der Waals surface area contributed by atoms with E-state index in [4.69, 9.17) is 11.8 Å². The summed E-state index contributed by atoms with van der Waals surface area (Å²) in [5.74, 6) is -0.340. The monoisotopic (exact) mass is 576 g/mol. The number of nitrogens with zero attached hydrogens (tertiary/aromatic N) is 5. The van der Waals surface area contributed by atoms with Crippen LogP contribution in [0.25, 0.3) is 0 Å². The van der Waals surface area contributed by atoms with Crippen LogP contribution in [-0.4, -0.2) is 82.2 Å². The maximum absolute atomic E-state index is 14.1. The third-order valence-corrected chi connectivity index (χ3v) is 7.67. The fourth-order valence-corrected chi connectivity index (χ4v) is 5.67. The second kappa shape index (κ2) is 12.1. The number of anilines is 1. The van der Waals surface area contributed by atoms with Crippen LogP contribution in [0.4, 0.5) is 10.5 Å². The van der Waals surface area contributed by atoms with Crippen molar-refractivity contribution in [2.45, 2.75) is 31.7 Å². The molecule has 2 aliphatic heterocycles. The molecule has 0 saturated carbocycles. The SMILES string of the molecule is CN(Cl)c1ccccc1CN1C[C@H]2N(C(=O)CN(C)N2C(=O)NCc2ccccc2)[C@@H](Cc2ccc(O)cc2)C1=O. The van der Waals surface area contributed by atoms with Crippen LogP contribution >= 0.6 is 11.8 Å². The summed E-state index contributed by atoms with van der Waals surface area (Å²) in [5.41, 5.74) is 3.33. The molecular formula is C30H33ClN6O4. The summed E-state index contributed by atoms with van der Waals surface area (Å²) in [6.45, 7) is 0.647. The van der Waals surface area contributed by atoms with Crippen LogP contribution in [0.1, 0.15) is 16.7 Å². The molecule has 10 nitrogen and oxygen atoms in total. The Labute approximate surface area is 244 Å². The summed E-state index contributed by atoms with van der Waals surface area (Å²) in [5, 5.41) is 15.9. The average Bonchev–Trinajstić information content (AvgIpc) is 2.95. The van der Waals surface area contributed by atoms with Crippen LogP contribution in [0.2, 0.25) is 0 Å². The molecule has 0 aromatic heterocycles. The summed E-state index contributed by atoms with van der Waals surface area (Å²) in [6, 6.07) is 22.5. The van der Waals surface area contributed by atoms with Crippen molar-refractivity contribution >= 4 is 35.3 Å². The second-order valence-electron chi connectivity index (χ2n) is 10.3. The lowest BCUT2D eigenvalue weighted by atomic mass is 9.98. The van der Waals surface area contributed by atoms with Gasteiger partial charge in [0.2, 0.25) is 11.8 Å². The van der Waals surface area contributed by atoms with Crippen molar-refractivity contribution in [3.63, 3.8) is 0 Å². The first-order chi connectivity index (χ1) is 19.7. The number of aromatic hydroxyl groups is 1. The highest BCUT2D eigenvalue weighted by Crippen LogP contribution is 2.30. The number of carbonyl (C=O) groups excluding carboxylic acids is 3. The second-order valence-corrected chi connectivity index (χ2v) is 10.8. The van der Waals surface area contributed by atoms with Gasteiger partial charge < -0.3 is 20.2 Å². The van der Waals surface area contributed by atoms with Crippen LogP contribution in [0.5, 0.6) is 5.75 Å². The molecule has 2 atom stereocenters. The summed E-state index contributed by atoms with van der Waals surface area (Å²) in [6.07, 6.45) is -0.490. The number of rotatable bonds is 7. The number of phenols is 1. The third-order valence-electron chi connectivity index (χ3n) is 7.48. The largest absolute Gasteiger partial charge is 0.508 e. The summed E-state index contributed by atoms with van der Waals surface area (Å²) >= 11 is 6.30. The molecule has 11 heteroatoms. The number of carbonyl (C=O) groups is 3. The molecule has 5 rings (SSSR count). The molecule has 2 N–H and O–H groups in total. The first-order valence-corrected chi connectivity index (χ1v) is 13.7. The third kappa shape index (κ3) is 6.08. The zero-order chi connectivity index (χ0) is 29.1. The zero-order valence-electron chi connectivity index (χ0n) is 23.0. The topological polar surface area (TPSA) is 99.7 Å². The number of amides is 4. The Bertz CT molecular complexity index is 1400. The number of phenolic OH excluding ortho intramolecular Hbond substituents is 1. The van der Waals surface area contributed by atoms with Gasteiger partial charge in [0.05, 0.1) is 18.8 Å². The van der Waals surface area contributed by atoms with Crippen molar-refractivity contribution in [1.82, 2.24) is 25.1 Å². The molecule has 3 aromatic rings. The molecule has 214 valence electrons. The number of nitrogens with one attached hydrogen (secondary N) is 1. The van der Waals surface area contributed by atoms with Gasteiger partial charge in [-0.1, -0.05) is 60.7 Å². The Hall–Kier alpha value is -4.28. The predicted octanol–water partition coefficient (Wildman–Crippen LogP) is 3.16. The smallest absolute Gasteiger partial charge is 0.334 e. The van der Waals surface area contributed by atoms with E-state index >= 15 is 0 Å². The standard InChI is InChI=1S/C30H33ClN6O4/c1-33-20-28(39)36-26(16-21-12-14-24(38)15-13-21)29(40)35(18-23-10-6-7-11-25(23)34(2)31)19-27(36)37(33)30(41)32-17-22-8-4-3-5-9-22/h3-15,26-27,38H,16-20H2,1-2H3,(H,32,41)/t26-,27-/m0/s1. The van der Waals surface area contributed by atoms with Gasteiger partial charge in [-0.05, 0) is 34.9 Å². The van der Waals surface area contributed by atoms with E-state index in [1.54, 1.807) is 53.2 Å².